The third kappa shape index (κ3) is 10.6. The van der Waals surface area contributed by atoms with Crippen molar-refractivity contribution in [3.8, 4) is 0 Å². The summed E-state index contributed by atoms with van der Waals surface area (Å²) in [4.78, 5) is 3.68. The summed E-state index contributed by atoms with van der Waals surface area (Å²) in [6, 6.07) is 22.2. The first-order chi connectivity index (χ1) is 19.7. The fraction of sp³-hybridized carbons (Fsp3) is 0.605. The van der Waals surface area contributed by atoms with Gasteiger partial charge in [-0.3, -0.25) is 0 Å². The van der Waals surface area contributed by atoms with Gasteiger partial charge in [-0.15, -0.1) is 0 Å². The molecule has 220 valence electrons. The third-order valence-electron chi connectivity index (χ3n) is 9.15. The molecule has 0 fully saturated rings. The maximum Gasteiger partial charge on any atom is 0.258 e. The maximum absolute atomic E-state index is 3.68. The van der Waals surface area contributed by atoms with Gasteiger partial charge >= 0.3 is 0 Å². The minimum absolute atomic E-state index is 0.0129. The second-order valence-electron chi connectivity index (χ2n) is 12.4. The van der Waals surface area contributed by atoms with Gasteiger partial charge in [0.15, 0.2) is 0 Å². The van der Waals surface area contributed by atoms with Crippen molar-refractivity contribution in [2.75, 3.05) is 0 Å². The smallest absolute Gasteiger partial charge is 0.247 e. The zero-order valence-electron chi connectivity index (χ0n) is 26.2. The fourth-order valence-corrected chi connectivity index (χ4v) is 6.74. The van der Waals surface area contributed by atoms with Crippen molar-refractivity contribution in [3.05, 3.63) is 90.0 Å². The van der Waals surface area contributed by atoms with Crippen LogP contribution in [-0.4, -0.2) is 4.98 Å². The average molecular weight is 544 g/mol. The minimum atomic E-state index is 0.0129. The van der Waals surface area contributed by atoms with Gasteiger partial charge < -0.3 is 0 Å². The molecular formula is C38H59N2+. The number of nitrogens with one attached hydrogen (secondary N) is 1. The molecule has 1 N–H and O–H groups in total. The van der Waals surface area contributed by atoms with Crippen molar-refractivity contribution >= 4 is 0 Å². The zero-order valence-corrected chi connectivity index (χ0v) is 26.2. The number of nitrogens with zero attached hydrogens (tertiary/aromatic N) is 1. The number of hydrogen-bond acceptors (Lipinski definition) is 0. The largest absolute Gasteiger partial charge is 0.258 e. The van der Waals surface area contributed by atoms with Crippen LogP contribution in [-0.2, 0) is 18.4 Å². The minimum Gasteiger partial charge on any atom is -0.247 e. The standard InChI is InChI=1S/C38H58N2/c1-4-6-7-8-9-10-11-12-13-14-15-16-17-18-25-31-40-32-30-39-37(40)36(5-2)38(3,35-28-23-20-24-29-35)33-34-26-21-19-22-27-34/h19-24,26-30,32,36H,4-18,25,31,33H2,1-3H3/p+1. The van der Waals surface area contributed by atoms with E-state index in [1.807, 2.05) is 0 Å². The van der Waals surface area contributed by atoms with Gasteiger partial charge in [0.25, 0.3) is 5.82 Å². The van der Waals surface area contributed by atoms with Crippen LogP contribution in [0.4, 0.5) is 0 Å². The van der Waals surface area contributed by atoms with Gasteiger partial charge in [-0.2, -0.15) is 0 Å². The van der Waals surface area contributed by atoms with E-state index in [0.717, 1.165) is 19.4 Å². The topological polar surface area (TPSA) is 19.7 Å². The van der Waals surface area contributed by atoms with Gasteiger partial charge in [0, 0.05) is 5.41 Å². The van der Waals surface area contributed by atoms with Gasteiger partial charge in [-0.25, -0.2) is 9.55 Å². The molecule has 3 aromatic rings. The molecule has 2 atom stereocenters. The van der Waals surface area contributed by atoms with Crippen LogP contribution in [0.1, 0.15) is 146 Å². The van der Waals surface area contributed by atoms with E-state index in [1.54, 1.807) is 0 Å². The lowest BCUT2D eigenvalue weighted by molar-refractivity contribution is -0.705. The van der Waals surface area contributed by atoms with Gasteiger partial charge in [0.1, 0.15) is 12.4 Å². The highest BCUT2D eigenvalue weighted by molar-refractivity contribution is 5.32. The quantitative estimate of drug-likeness (QED) is 0.0960. The molecule has 1 aromatic heterocycles. The van der Waals surface area contributed by atoms with Gasteiger partial charge in [0.2, 0.25) is 0 Å². The van der Waals surface area contributed by atoms with Crippen LogP contribution in [0.2, 0.25) is 0 Å². The van der Waals surface area contributed by atoms with Crippen molar-refractivity contribution in [1.29, 1.82) is 0 Å². The molecule has 2 heteroatoms. The number of unbranched alkanes of at least 4 members (excludes halogenated alkanes) is 14. The molecule has 0 aliphatic carbocycles. The maximum atomic E-state index is 3.68. The van der Waals surface area contributed by atoms with Crippen LogP contribution in [0.15, 0.2) is 73.1 Å². The molecule has 40 heavy (non-hydrogen) atoms. The second kappa shape index (κ2) is 18.9. The number of hydrogen-bond donors (Lipinski definition) is 1. The summed E-state index contributed by atoms with van der Waals surface area (Å²) in [5.74, 6) is 1.80. The van der Waals surface area contributed by atoms with E-state index in [9.17, 15) is 0 Å². The van der Waals surface area contributed by atoms with Gasteiger partial charge in [-0.05, 0) is 36.8 Å². The number of aromatic nitrogens is 2. The summed E-state index contributed by atoms with van der Waals surface area (Å²) < 4.78 is 2.52. The number of imidazole rings is 1. The molecule has 2 aromatic carbocycles. The predicted molar refractivity (Wildman–Crippen MR) is 173 cm³/mol. The summed E-state index contributed by atoms with van der Waals surface area (Å²) in [5.41, 5.74) is 2.85. The molecule has 1 heterocycles. The lowest BCUT2D eigenvalue weighted by Gasteiger charge is -2.36. The van der Waals surface area contributed by atoms with Gasteiger partial charge in [0.05, 0.1) is 12.5 Å². The van der Waals surface area contributed by atoms with Crippen molar-refractivity contribution in [3.63, 3.8) is 0 Å². The Morgan fingerprint density at radius 1 is 0.650 bits per heavy atom. The lowest BCUT2D eigenvalue weighted by atomic mass is 9.66. The Hall–Kier alpha value is -2.35. The van der Waals surface area contributed by atoms with E-state index < -0.39 is 0 Å². The van der Waals surface area contributed by atoms with Crippen LogP contribution in [0.25, 0.3) is 0 Å². The van der Waals surface area contributed by atoms with Crippen LogP contribution >= 0.6 is 0 Å². The molecule has 3 rings (SSSR count). The number of benzene rings is 2. The normalized spacial score (nSPS) is 13.8. The summed E-state index contributed by atoms with van der Waals surface area (Å²) in [5, 5.41) is 0. The highest BCUT2D eigenvalue weighted by atomic mass is 15.1. The van der Waals surface area contributed by atoms with Gasteiger partial charge in [-0.1, -0.05) is 165 Å². The Kier molecular flexibility index (Phi) is 15.2. The summed E-state index contributed by atoms with van der Waals surface area (Å²) in [6.45, 7) is 8.25. The zero-order chi connectivity index (χ0) is 28.3. The molecule has 0 spiro atoms. The molecule has 0 saturated heterocycles. The summed E-state index contributed by atoms with van der Waals surface area (Å²) in [6.07, 6.45) is 27.8. The van der Waals surface area contributed by atoms with Crippen LogP contribution in [0, 0.1) is 0 Å². The van der Waals surface area contributed by atoms with E-state index in [2.05, 4.69) is 103 Å². The first-order valence-electron chi connectivity index (χ1n) is 16.8. The van der Waals surface area contributed by atoms with Crippen LogP contribution < -0.4 is 4.57 Å². The Bertz CT molecular complexity index is 1010. The van der Waals surface area contributed by atoms with E-state index in [1.165, 1.54) is 113 Å². The predicted octanol–water partition coefficient (Wildman–Crippen LogP) is 10.9. The SMILES string of the molecule is CCCCCCCCCCCCCCCCC[n+]1cc[nH]c1C(CC)C(C)(Cc1ccccc1)c1ccccc1. The molecule has 0 aliphatic heterocycles. The van der Waals surface area contributed by atoms with E-state index in [4.69, 9.17) is 0 Å². The van der Waals surface area contributed by atoms with Crippen LogP contribution in [0.5, 0.6) is 0 Å². The molecule has 0 saturated carbocycles. The molecule has 0 aliphatic rings. The highest BCUT2D eigenvalue weighted by Crippen LogP contribution is 2.42. The molecular weight excluding hydrogens is 484 g/mol. The fourth-order valence-electron chi connectivity index (χ4n) is 6.74. The molecule has 0 bridgehead atoms. The van der Waals surface area contributed by atoms with Crippen molar-refractivity contribution in [2.24, 2.45) is 0 Å². The molecule has 2 unspecified atom stereocenters. The Morgan fingerprint density at radius 3 is 1.68 bits per heavy atom. The number of H-pyrrole nitrogens is 1. The molecule has 0 amide bonds. The van der Waals surface area contributed by atoms with Crippen molar-refractivity contribution in [2.45, 2.75) is 148 Å². The lowest BCUT2D eigenvalue weighted by Crippen LogP contribution is -2.43. The Labute approximate surface area is 247 Å². The van der Waals surface area contributed by atoms with Crippen LogP contribution in [0.3, 0.4) is 0 Å². The first-order valence-corrected chi connectivity index (χ1v) is 16.8. The monoisotopic (exact) mass is 543 g/mol. The number of rotatable bonds is 22. The third-order valence-corrected chi connectivity index (χ3v) is 9.15. The summed E-state index contributed by atoms with van der Waals surface area (Å²) >= 11 is 0. The van der Waals surface area contributed by atoms with E-state index >= 15 is 0 Å². The van der Waals surface area contributed by atoms with E-state index in [0.29, 0.717) is 5.92 Å². The first kappa shape index (κ1) is 32.2. The Morgan fingerprint density at radius 2 is 1.15 bits per heavy atom. The average Bonchev–Trinajstić information content (AvgIpc) is 3.44. The van der Waals surface area contributed by atoms with Crippen molar-refractivity contribution in [1.82, 2.24) is 4.98 Å². The highest BCUT2D eigenvalue weighted by Gasteiger charge is 2.41. The van der Waals surface area contributed by atoms with E-state index in [-0.39, 0.29) is 5.41 Å². The number of aromatic amines is 1. The molecule has 2 nitrogen and oxygen atoms in total. The molecule has 0 radical (unpaired) electrons. The Balaban J connectivity index is 1.43. The summed E-state index contributed by atoms with van der Waals surface area (Å²) in [7, 11) is 0. The number of aryl methyl sites for hydroxylation is 1. The van der Waals surface area contributed by atoms with Crippen molar-refractivity contribution < 1.29 is 4.57 Å². The second-order valence-corrected chi connectivity index (χ2v) is 12.4.